The van der Waals surface area contributed by atoms with Gasteiger partial charge in [0.2, 0.25) is 0 Å². The summed E-state index contributed by atoms with van der Waals surface area (Å²) in [7, 11) is 0. The minimum absolute atomic E-state index is 0.00843. The van der Waals surface area contributed by atoms with Gasteiger partial charge in [0.05, 0.1) is 38.3 Å². The van der Waals surface area contributed by atoms with E-state index in [0.29, 0.717) is 26.4 Å². The molecule has 0 bridgehead atoms. The van der Waals surface area contributed by atoms with Crippen LogP contribution in [0.25, 0.3) is 0 Å². The molecule has 0 spiro atoms. The van der Waals surface area contributed by atoms with E-state index >= 15 is 0 Å². The first kappa shape index (κ1) is 12.4. The van der Waals surface area contributed by atoms with E-state index in [1.165, 1.54) is 0 Å². The van der Waals surface area contributed by atoms with Crippen molar-refractivity contribution in [2.45, 2.75) is 0 Å². The number of rotatable bonds is 2. The first-order valence-corrected chi connectivity index (χ1v) is 6.56. The molecule has 104 valence electrons. The quantitative estimate of drug-likeness (QED) is 0.798. The Morgan fingerprint density at radius 1 is 0.947 bits per heavy atom. The summed E-state index contributed by atoms with van der Waals surface area (Å²) in [6.07, 6.45) is 1.72. The number of hydrogen-bond donors (Lipinski definition) is 1. The molecule has 2 fully saturated rings. The Kier molecular flexibility index (Phi) is 3.65. The highest BCUT2D eigenvalue weighted by atomic mass is 16.5. The van der Waals surface area contributed by atoms with E-state index in [1.54, 1.807) is 6.20 Å². The molecular formula is C12H18N4O3. The maximum absolute atomic E-state index is 10.1. The summed E-state index contributed by atoms with van der Waals surface area (Å²) >= 11 is 0. The van der Waals surface area contributed by atoms with Crippen LogP contribution < -0.4 is 9.80 Å². The molecule has 19 heavy (non-hydrogen) atoms. The van der Waals surface area contributed by atoms with E-state index < -0.39 is 0 Å². The Bertz CT molecular complexity index is 431. The lowest BCUT2D eigenvalue weighted by Gasteiger charge is -2.35. The maximum Gasteiger partial charge on any atom is 0.257 e. The molecular weight excluding hydrogens is 248 g/mol. The number of aromatic hydroxyl groups is 1. The summed E-state index contributed by atoms with van der Waals surface area (Å²) in [6, 6.07) is 0. The van der Waals surface area contributed by atoms with Crippen LogP contribution in [0.15, 0.2) is 6.20 Å². The Labute approximate surface area is 111 Å². The highest BCUT2D eigenvalue weighted by molar-refractivity contribution is 5.74. The Balaban J connectivity index is 1.91. The molecule has 0 aliphatic carbocycles. The second-order valence-electron chi connectivity index (χ2n) is 4.60. The molecule has 0 unspecified atom stereocenters. The van der Waals surface area contributed by atoms with Gasteiger partial charge in [-0.15, -0.1) is 5.10 Å². The van der Waals surface area contributed by atoms with Gasteiger partial charge in [-0.1, -0.05) is 0 Å². The lowest BCUT2D eigenvalue weighted by molar-refractivity contribution is 0.120. The van der Waals surface area contributed by atoms with Crippen LogP contribution in [0.1, 0.15) is 0 Å². The largest absolute Gasteiger partial charge is 0.491 e. The molecule has 0 aromatic carbocycles. The molecule has 1 N–H and O–H groups in total. The molecule has 0 radical (unpaired) electrons. The van der Waals surface area contributed by atoms with Crippen molar-refractivity contribution in [2.75, 3.05) is 62.4 Å². The Hall–Kier alpha value is -1.60. The summed E-state index contributed by atoms with van der Waals surface area (Å²) in [6.45, 7) is 5.88. The normalized spacial score (nSPS) is 20.6. The third-order valence-electron chi connectivity index (χ3n) is 3.47. The number of morpholine rings is 2. The van der Waals surface area contributed by atoms with Crippen LogP contribution in [0.2, 0.25) is 0 Å². The summed E-state index contributed by atoms with van der Waals surface area (Å²) in [5.41, 5.74) is 1.69. The van der Waals surface area contributed by atoms with Gasteiger partial charge >= 0.3 is 0 Å². The lowest BCUT2D eigenvalue weighted by atomic mass is 10.2. The van der Waals surface area contributed by atoms with Gasteiger partial charge in [0, 0.05) is 26.2 Å². The molecule has 7 nitrogen and oxygen atoms in total. The van der Waals surface area contributed by atoms with Crippen molar-refractivity contribution < 1.29 is 14.6 Å². The second kappa shape index (κ2) is 5.58. The van der Waals surface area contributed by atoms with Crippen LogP contribution >= 0.6 is 0 Å². The highest BCUT2D eigenvalue weighted by Gasteiger charge is 2.24. The van der Waals surface area contributed by atoms with Crippen molar-refractivity contribution in [1.29, 1.82) is 0 Å². The molecule has 1 aromatic heterocycles. The first-order chi connectivity index (χ1) is 9.36. The average Bonchev–Trinajstić information content (AvgIpc) is 2.49. The number of aromatic nitrogens is 2. The van der Waals surface area contributed by atoms with Gasteiger partial charge in [-0.2, -0.15) is 5.10 Å². The van der Waals surface area contributed by atoms with Crippen molar-refractivity contribution in [3.8, 4) is 5.88 Å². The maximum atomic E-state index is 10.1. The van der Waals surface area contributed by atoms with Crippen LogP contribution in [0.3, 0.4) is 0 Å². The van der Waals surface area contributed by atoms with Crippen LogP contribution in [0.5, 0.6) is 5.88 Å². The SMILES string of the molecule is Oc1nncc(N2CCOCC2)c1N1CCOCC1. The van der Waals surface area contributed by atoms with Gasteiger partial charge in [-0.05, 0) is 0 Å². The molecule has 0 saturated carbocycles. The van der Waals surface area contributed by atoms with Gasteiger partial charge < -0.3 is 24.4 Å². The predicted molar refractivity (Wildman–Crippen MR) is 69.8 cm³/mol. The van der Waals surface area contributed by atoms with E-state index in [2.05, 4.69) is 20.0 Å². The van der Waals surface area contributed by atoms with Crippen LogP contribution in [-0.4, -0.2) is 67.9 Å². The van der Waals surface area contributed by atoms with Gasteiger partial charge in [0.1, 0.15) is 5.69 Å². The van der Waals surface area contributed by atoms with Crippen molar-refractivity contribution in [1.82, 2.24) is 10.2 Å². The lowest BCUT2D eigenvalue weighted by Crippen LogP contribution is -2.40. The summed E-state index contributed by atoms with van der Waals surface area (Å²) in [5, 5.41) is 17.7. The minimum Gasteiger partial charge on any atom is -0.491 e. The van der Waals surface area contributed by atoms with Crippen LogP contribution in [-0.2, 0) is 9.47 Å². The molecule has 2 aliphatic rings. The fourth-order valence-corrected chi connectivity index (χ4v) is 2.49. The van der Waals surface area contributed by atoms with Crippen molar-refractivity contribution in [3.05, 3.63) is 6.20 Å². The Morgan fingerprint density at radius 3 is 2.16 bits per heavy atom. The molecule has 2 saturated heterocycles. The predicted octanol–water partition coefficient (Wildman–Crippen LogP) is -0.145. The monoisotopic (exact) mass is 266 g/mol. The van der Waals surface area contributed by atoms with Crippen molar-refractivity contribution >= 4 is 11.4 Å². The highest BCUT2D eigenvalue weighted by Crippen LogP contribution is 2.35. The summed E-state index contributed by atoms with van der Waals surface area (Å²) in [4.78, 5) is 4.29. The van der Waals surface area contributed by atoms with E-state index in [9.17, 15) is 5.11 Å². The molecule has 1 aromatic rings. The third-order valence-corrected chi connectivity index (χ3v) is 3.47. The summed E-state index contributed by atoms with van der Waals surface area (Å²) in [5.74, 6) is -0.00843. The standard InChI is InChI=1S/C12H18N4O3/c17-12-11(16-3-7-19-8-4-16)10(9-13-14-12)15-1-5-18-6-2-15/h9H,1-8H2,(H,14,17). The van der Waals surface area contributed by atoms with Crippen molar-refractivity contribution in [3.63, 3.8) is 0 Å². The van der Waals surface area contributed by atoms with E-state index in [1.807, 2.05) is 0 Å². The second-order valence-corrected chi connectivity index (χ2v) is 4.60. The topological polar surface area (TPSA) is 71.0 Å². The van der Waals surface area contributed by atoms with E-state index in [0.717, 1.165) is 37.6 Å². The Morgan fingerprint density at radius 2 is 1.53 bits per heavy atom. The zero-order valence-electron chi connectivity index (χ0n) is 10.8. The smallest absolute Gasteiger partial charge is 0.257 e. The molecule has 3 heterocycles. The third kappa shape index (κ3) is 2.57. The zero-order chi connectivity index (χ0) is 13.1. The van der Waals surface area contributed by atoms with E-state index in [4.69, 9.17) is 9.47 Å². The first-order valence-electron chi connectivity index (χ1n) is 6.56. The average molecular weight is 266 g/mol. The fraction of sp³-hybridized carbons (Fsp3) is 0.667. The molecule has 2 aliphatic heterocycles. The van der Waals surface area contributed by atoms with Gasteiger partial charge in [-0.3, -0.25) is 0 Å². The van der Waals surface area contributed by atoms with Crippen LogP contribution in [0, 0.1) is 0 Å². The number of hydrogen-bond acceptors (Lipinski definition) is 7. The number of ether oxygens (including phenoxy) is 2. The molecule has 0 atom stereocenters. The summed E-state index contributed by atoms with van der Waals surface area (Å²) < 4.78 is 10.7. The number of anilines is 2. The van der Waals surface area contributed by atoms with Gasteiger partial charge in [0.15, 0.2) is 0 Å². The molecule has 3 rings (SSSR count). The van der Waals surface area contributed by atoms with Crippen LogP contribution in [0.4, 0.5) is 11.4 Å². The van der Waals surface area contributed by atoms with E-state index in [-0.39, 0.29) is 5.88 Å². The van der Waals surface area contributed by atoms with Gasteiger partial charge in [-0.25, -0.2) is 0 Å². The minimum atomic E-state index is -0.00843. The molecule has 7 heteroatoms. The fourth-order valence-electron chi connectivity index (χ4n) is 2.49. The van der Waals surface area contributed by atoms with Crippen molar-refractivity contribution in [2.24, 2.45) is 0 Å². The zero-order valence-corrected chi connectivity index (χ0v) is 10.8. The van der Waals surface area contributed by atoms with Gasteiger partial charge in [0.25, 0.3) is 5.88 Å². The molecule has 0 amide bonds. The number of nitrogens with zero attached hydrogens (tertiary/aromatic N) is 4.